The Hall–Kier alpha value is -4.76. The van der Waals surface area contributed by atoms with Crippen molar-refractivity contribution in [3.8, 4) is 28.3 Å². The summed E-state index contributed by atoms with van der Waals surface area (Å²) in [5.74, 6) is 0.624. The van der Waals surface area contributed by atoms with Crippen molar-refractivity contribution in [2.75, 3.05) is 30.7 Å². The van der Waals surface area contributed by atoms with Gasteiger partial charge in [0.15, 0.2) is 11.5 Å². The number of nitrogens with two attached hydrogens (primary N) is 2. The van der Waals surface area contributed by atoms with Crippen molar-refractivity contribution < 1.29 is 8.91 Å². The summed E-state index contributed by atoms with van der Waals surface area (Å²) in [6.45, 7) is 0.168. The fourth-order valence-electron chi connectivity index (χ4n) is 6.44. The van der Waals surface area contributed by atoms with E-state index < -0.39 is 12.9 Å². The summed E-state index contributed by atoms with van der Waals surface area (Å²) in [6.07, 6.45) is 5.94. The van der Waals surface area contributed by atoms with E-state index in [-0.39, 0.29) is 11.6 Å². The minimum Gasteiger partial charge on any atom is -0.383 e. The first-order chi connectivity index (χ1) is 22.5. The third kappa shape index (κ3) is 4.97. The summed E-state index contributed by atoms with van der Waals surface area (Å²) in [6, 6.07) is 23.9. The first-order valence-corrected chi connectivity index (χ1v) is 15.2. The second kappa shape index (κ2) is 11.1. The fraction of sp³-hybridized carbons (Fsp3) is 0.314. The maximum atomic E-state index is 12.1. The minimum absolute atomic E-state index is 0.264. The maximum Gasteiger partial charge on any atom is 0.219 e. The monoisotopic (exact) mass is 589 g/mol. The molecule has 2 aromatic carbocycles. The van der Waals surface area contributed by atoms with Crippen molar-refractivity contribution >= 4 is 28.6 Å². The summed E-state index contributed by atoms with van der Waals surface area (Å²) in [4.78, 5) is 29.9. The number of fused-ring (bicyclic) bond motifs is 1. The van der Waals surface area contributed by atoms with Gasteiger partial charge in [0, 0.05) is 65.8 Å². The third-order valence-electron chi connectivity index (χ3n) is 9.21. The summed E-state index contributed by atoms with van der Waals surface area (Å²) < 4.78 is 25.5. The van der Waals surface area contributed by atoms with E-state index in [2.05, 4.69) is 46.3 Å². The lowest BCUT2D eigenvalue weighted by atomic mass is 9.73. The average Bonchev–Trinajstić information content (AvgIpc) is 3.42. The molecule has 0 spiro atoms. The highest BCUT2D eigenvalue weighted by molar-refractivity contribution is 5.85. The van der Waals surface area contributed by atoms with Gasteiger partial charge in [0.2, 0.25) is 5.91 Å². The van der Waals surface area contributed by atoms with Crippen LogP contribution in [0.15, 0.2) is 79.0 Å². The largest absolute Gasteiger partial charge is 0.383 e. The van der Waals surface area contributed by atoms with Gasteiger partial charge in [-0.05, 0) is 86.2 Å². The zero-order chi connectivity index (χ0) is 32.9. The Morgan fingerprint density at radius 2 is 1.80 bits per heavy atom. The van der Waals surface area contributed by atoms with Crippen molar-refractivity contribution in [3.63, 3.8) is 0 Å². The number of amides is 1. The van der Waals surface area contributed by atoms with E-state index in [0.717, 1.165) is 63.4 Å². The van der Waals surface area contributed by atoms with E-state index >= 15 is 0 Å². The van der Waals surface area contributed by atoms with Crippen molar-refractivity contribution in [3.05, 3.63) is 84.6 Å². The Bertz CT molecular complexity index is 1940. The number of benzene rings is 2. The number of carbonyl (C=O) groups is 1. The van der Waals surface area contributed by atoms with Gasteiger partial charge < -0.3 is 21.3 Å². The number of rotatable bonds is 6. The van der Waals surface area contributed by atoms with Crippen LogP contribution in [0.25, 0.3) is 39.5 Å². The zero-order valence-electron chi connectivity index (χ0n) is 27.8. The van der Waals surface area contributed by atoms with Crippen LogP contribution in [0, 0.1) is 0 Å². The molecule has 9 nitrogen and oxygen atoms in total. The number of hydrogen-bond donors (Lipinski definition) is 2. The van der Waals surface area contributed by atoms with Gasteiger partial charge in [-0.15, -0.1) is 0 Å². The summed E-state index contributed by atoms with van der Waals surface area (Å²) in [5, 5.41) is 0. The van der Waals surface area contributed by atoms with Gasteiger partial charge in [0.25, 0.3) is 0 Å². The van der Waals surface area contributed by atoms with Crippen molar-refractivity contribution in [1.82, 2.24) is 24.4 Å². The van der Waals surface area contributed by atoms with Gasteiger partial charge in [-0.2, -0.15) is 0 Å². The molecule has 224 valence electrons. The molecule has 0 radical (unpaired) electrons. The predicted molar refractivity (Wildman–Crippen MR) is 175 cm³/mol. The lowest BCUT2D eigenvalue weighted by molar-refractivity contribution is -0.129. The summed E-state index contributed by atoms with van der Waals surface area (Å²) >= 11 is 0. The SMILES string of the molecule is [2H]C([2H])([2H])N(C(C)=O)C1CCN(c2cccc(-c3ccc4nc(-c5cccnc5N)n(-c5ccc(C6(N)CCC6)cc5)c4n3)c2)CC1. The normalized spacial score (nSPS) is 17.9. The Balaban J connectivity index is 1.23. The average molecular weight is 590 g/mol. The van der Waals surface area contributed by atoms with E-state index in [4.69, 9.17) is 25.5 Å². The molecular formula is C35H38N8O. The van der Waals surface area contributed by atoms with E-state index in [1.807, 2.05) is 41.0 Å². The number of piperidine rings is 1. The van der Waals surface area contributed by atoms with Crippen LogP contribution in [0.4, 0.5) is 11.5 Å². The first kappa shape index (κ1) is 24.7. The molecule has 1 aliphatic heterocycles. The van der Waals surface area contributed by atoms with Crippen molar-refractivity contribution in [2.24, 2.45) is 5.73 Å². The molecule has 2 aliphatic rings. The van der Waals surface area contributed by atoms with Crippen LogP contribution in [0.5, 0.6) is 0 Å². The Morgan fingerprint density at radius 1 is 1.00 bits per heavy atom. The van der Waals surface area contributed by atoms with Gasteiger partial charge in [-0.1, -0.05) is 24.3 Å². The summed E-state index contributed by atoms with van der Waals surface area (Å²) in [7, 11) is 0. The molecule has 1 amide bonds. The van der Waals surface area contributed by atoms with Crippen molar-refractivity contribution in [2.45, 2.75) is 50.6 Å². The number of anilines is 2. The minimum atomic E-state index is -2.44. The van der Waals surface area contributed by atoms with Gasteiger partial charge in [0.05, 0.1) is 11.3 Å². The highest BCUT2D eigenvalue weighted by Crippen LogP contribution is 2.39. The molecular weight excluding hydrogens is 548 g/mol. The molecule has 2 fully saturated rings. The van der Waals surface area contributed by atoms with E-state index in [9.17, 15) is 4.79 Å². The molecule has 5 aromatic rings. The van der Waals surface area contributed by atoms with Crippen LogP contribution < -0.4 is 16.4 Å². The van der Waals surface area contributed by atoms with Crippen LogP contribution in [-0.2, 0) is 10.3 Å². The Labute approximate surface area is 261 Å². The number of imidazole rings is 1. The summed E-state index contributed by atoms with van der Waals surface area (Å²) in [5.41, 5.74) is 19.6. The number of nitrogen functional groups attached to an aromatic ring is 1. The molecule has 3 aromatic heterocycles. The number of carbonyl (C=O) groups excluding carboxylic acids is 1. The zero-order valence-corrected chi connectivity index (χ0v) is 24.8. The highest BCUT2D eigenvalue weighted by atomic mass is 16.2. The van der Waals surface area contributed by atoms with Gasteiger partial charge in [-0.25, -0.2) is 15.0 Å². The van der Waals surface area contributed by atoms with Crippen LogP contribution in [0.3, 0.4) is 0 Å². The van der Waals surface area contributed by atoms with Gasteiger partial charge in [-0.3, -0.25) is 9.36 Å². The molecule has 1 saturated carbocycles. The fourth-order valence-corrected chi connectivity index (χ4v) is 6.44. The molecule has 1 aliphatic carbocycles. The topological polar surface area (TPSA) is 119 Å². The molecule has 4 N–H and O–H groups in total. The Morgan fingerprint density at radius 3 is 2.48 bits per heavy atom. The second-order valence-electron chi connectivity index (χ2n) is 12.0. The lowest BCUT2D eigenvalue weighted by Crippen LogP contribution is -2.45. The van der Waals surface area contributed by atoms with Crippen molar-refractivity contribution in [1.29, 1.82) is 0 Å². The molecule has 0 atom stereocenters. The van der Waals surface area contributed by atoms with Crippen LogP contribution in [0.2, 0.25) is 0 Å². The van der Waals surface area contributed by atoms with Gasteiger partial charge in [0.1, 0.15) is 11.3 Å². The van der Waals surface area contributed by atoms with Gasteiger partial charge >= 0.3 is 0 Å². The maximum absolute atomic E-state index is 12.1. The first-order valence-electron chi connectivity index (χ1n) is 16.7. The highest BCUT2D eigenvalue weighted by Gasteiger charge is 2.34. The van der Waals surface area contributed by atoms with Crippen LogP contribution in [0.1, 0.15) is 48.7 Å². The number of aromatic nitrogens is 4. The van der Waals surface area contributed by atoms with Crippen LogP contribution in [-0.4, -0.2) is 56.4 Å². The molecule has 4 heterocycles. The second-order valence-corrected chi connectivity index (χ2v) is 12.0. The Kier molecular flexibility index (Phi) is 6.20. The molecule has 7 rings (SSSR count). The smallest absolute Gasteiger partial charge is 0.219 e. The van der Waals surface area contributed by atoms with E-state index in [0.29, 0.717) is 43.2 Å². The van der Waals surface area contributed by atoms with E-state index in [1.54, 1.807) is 6.20 Å². The number of hydrogen-bond acceptors (Lipinski definition) is 7. The lowest BCUT2D eigenvalue weighted by Gasteiger charge is -2.38. The number of pyridine rings is 2. The standard InChI is InChI=1S/C35H38N8O/c1-23(44)41(2)26-15-20-42(21-16-26)28-7-3-6-24(22-28)30-13-14-31-34(39-30)43(33(40-31)29-8-4-19-38-32(29)36)27-11-9-25(10-12-27)35(37)17-5-18-35/h3-4,6-14,19,22,26H,5,15-18,20-21,37H2,1-2H3,(H2,36,38)/i2D3. The molecule has 44 heavy (non-hydrogen) atoms. The molecule has 0 unspecified atom stereocenters. The number of nitrogens with zero attached hydrogens (tertiary/aromatic N) is 6. The predicted octanol–water partition coefficient (Wildman–Crippen LogP) is 5.52. The van der Waals surface area contributed by atoms with E-state index in [1.165, 1.54) is 6.92 Å². The molecule has 9 heteroatoms. The molecule has 0 bridgehead atoms. The molecule has 1 saturated heterocycles. The quantitative estimate of drug-likeness (QED) is 0.268. The van der Waals surface area contributed by atoms with Crippen LogP contribution >= 0.6 is 0 Å². The third-order valence-corrected chi connectivity index (χ3v) is 9.21.